The van der Waals surface area contributed by atoms with Gasteiger partial charge in [0, 0.05) is 11.0 Å². The Labute approximate surface area is 120 Å². The summed E-state index contributed by atoms with van der Waals surface area (Å²) in [6, 6.07) is 6.46. The topological polar surface area (TPSA) is 15.3 Å². The van der Waals surface area contributed by atoms with Gasteiger partial charge < -0.3 is 10.2 Å². The van der Waals surface area contributed by atoms with E-state index in [9.17, 15) is 0 Å². The number of hydrogen-bond donors (Lipinski definition) is 1. The van der Waals surface area contributed by atoms with Crippen LogP contribution in [-0.2, 0) is 6.54 Å². The second-order valence-corrected chi connectivity index (χ2v) is 5.54. The molecule has 1 aromatic carbocycles. The van der Waals surface area contributed by atoms with Crippen molar-refractivity contribution in [3.05, 3.63) is 33.8 Å². The molecule has 0 bridgehead atoms. The number of hydrogen-bond acceptors (Lipinski definition) is 2. The highest BCUT2D eigenvalue weighted by Gasteiger charge is 2.00. The molecule has 0 radical (unpaired) electrons. The summed E-state index contributed by atoms with van der Waals surface area (Å²) in [5, 5.41) is 3.53. The zero-order valence-electron chi connectivity index (χ0n) is 11.8. The summed E-state index contributed by atoms with van der Waals surface area (Å²) in [4.78, 5) is 2.46. The van der Waals surface area contributed by atoms with E-state index in [2.05, 4.69) is 65.1 Å². The summed E-state index contributed by atoms with van der Waals surface area (Å²) in [5.74, 6) is 0. The van der Waals surface area contributed by atoms with Crippen LogP contribution in [0.2, 0.25) is 0 Å². The fourth-order valence-corrected chi connectivity index (χ4v) is 2.43. The number of aryl methyl sites for hydroxylation is 1. The Bertz CT molecular complexity index is 348. The molecular weight excluding hydrogens is 288 g/mol. The van der Waals surface area contributed by atoms with Gasteiger partial charge >= 0.3 is 0 Å². The van der Waals surface area contributed by atoms with Gasteiger partial charge in [0.2, 0.25) is 0 Å². The van der Waals surface area contributed by atoms with Crippen molar-refractivity contribution in [2.24, 2.45) is 0 Å². The van der Waals surface area contributed by atoms with Crippen molar-refractivity contribution >= 4 is 15.9 Å². The molecule has 1 aromatic rings. The van der Waals surface area contributed by atoms with Crippen LogP contribution in [0.5, 0.6) is 0 Å². The smallest absolute Gasteiger partial charge is 0.0208 e. The Morgan fingerprint density at radius 1 is 1.22 bits per heavy atom. The van der Waals surface area contributed by atoms with Crippen LogP contribution in [0, 0.1) is 6.92 Å². The first-order chi connectivity index (χ1) is 8.67. The Kier molecular flexibility index (Phi) is 7.56. The molecule has 1 N–H and O–H groups in total. The van der Waals surface area contributed by atoms with Gasteiger partial charge in [-0.3, -0.25) is 0 Å². The van der Waals surface area contributed by atoms with Crippen LogP contribution in [0.4, 0.5) is 0 Å². The Balaban J connectivity index is 2.23. The standard InChI is InChI=1S/C15H25BrN2/c1-4-18(5-2)10-6-9-17-12-14-11-15(16)8-7-13(14)3/h7-8,11,17H,4-6,9-10,12H2,1-3H3. The van der Waals surface area contributed by atoms with Gasteiger partial charge in [-0.25, -0.2) is 0 Å². The van der Waals surface area contributed by atoms with Crippen molar-refractivity contribution in [1.82, 2.24) is 10.2 Å². The summed E-state index contributed by atoms with van der Waals surface area (Å²) in [5.41, 5.74) is 2.74. The van der Waals surface area contributed by atoms with E-state index in [0.717, 1.165) is 30.7 Å². The van der Waals surface area contributed by atoms with Crippen LogP contribution in [-0.4, -0.2) is 31.1 Å². The van der Waals surface area contributed by atoms with E-state index in [4.69, 9.17) is 0 Å². The van der Waals surface area contributed by atoms with Gasteiger partial charge in [-0.2, -0.15) is 0 Å². The maximum atomic E-state index is 3.53. The quantitative estimate of drug-likeness (QED) is 0.738. The Morgan fingerprint density at radius 2 is 1.94 bits per heavy atom. The van der Waals surface area contributed by atoms with Gasteiger partial charge in [-0.05, 0) is 62.8 Å². The number of benzene rings is 1. The van der Waals surface area contributed by atoms with Gasteiger partial charge in [-0.1, -0.05) is 35.8 Å². The third kappa shape index (κ3) is 5.51. The van der Waals surface area contributed by atoms with Gasteiger partial charge in [0.25, 0.3) is 0 Å². The molecule has 0 amide bonds. The molecule has 0 aliphatic heterocycles. The molecule has 0 aromatic heterocycles. The monoisotopic (exact) mass is 312 g/mol. The normalized spacial score (nSPS) is 11.2. The van der Waals surface area contributed by atoms with Crippen molar-refractivity contribution in [1.29, 1.82) is 0 Å². The number of nitrogens with one attached hydrogen (secondary N) is 1. The van der Waals surface area contributed by atoms with Gasteiger partial charge in [0.1, 0.15) is 0 Å². The molecule has 102 valence electrons. The molecule has 0 atom stereocenters. The van der Waals surface area contributed by atoms with Gasteiger partial charge in [-0.15, -0.1) is 0 Å². The fraction of sp³-hybridized carbons (Fsp3) is 0.600. The van der Waals surface area contributed by atoms with E-state index in [1.165, 1.54) is 24.1 Å². The molecule has 0 aliphatic rings. The van der Waals surface area contributed by atoms with E-state index >= 15 is 0 Å². The Morgan fingerprint density at radius 3 is 2.61 bits per heavy atom. The molecule has 0 fully saturated rings. The first-order valence-corrected chi connectivity index (χ1v) is 7.64. The molecule has 0 unspecified atom stereocenters. The lowest BCUT2D eigenvalue weighted by atomic mass is 10.1. The fourth-order valence-electron chi connectivity index (χ4n) is 2.02. The lowest BCUT2D eigenvalue weighted by Gasteiger charge is -2.17. The zero-order chi connectivity index (χ0) is 13.4. The molecule has 0 heterocycles. The highest BCUT2D eigenvalue weighted by molar-refractivity contribution is 9.10. The SMILES string of the molecule is CCN(CC)CCCNCc1cc(Br)ccc1C. The van der Waals surface area contributed by atoms with Crippen LogP contribution >= 0.6 is 15.9 Å². The molecule has 2 nitrogen and oxygen atoms in total. The van der Waals surface area contributed by atoms with Crippen LogP contribution in [0.25, 0.3) is 0 Å². The lowest BCUT2D eigenvalue weighted by molar-refractivity contribution is 0.298. The first-order valence-electron chi connectivity index (χ1n) is 6.85. The van der Waals surface area contributed by atoms with Gasteiger partial charge in [0.15, 0.2) is 0 Å². The van der Waals surface area contributed by atoms with Crippen molar-refractivity contribution < 1.29 is 0 Å². The minimum Gasteiger partial charge on any atom is -0.313 e. The highest BCUT2D eigenvalue weighted by atomic mass is 79.9. The average molecular weight is 313 g/mol. The number of halogens is 1. The predicted octanol–water partition coefficient (Wildman–Crippen LogP) is 3.58. The van der Waals surface area contributed by atoms with Crippen molar-refractivity contribution in [3.8, 4) is 0 Å². The molecule has 0 saturated heterocycles. The minimum atomic E-state index is 0.962. The second-order valence-electron chi connectivity index (χ2n) is 4.63. The molecule has 0 aliphatic carbocycles. The summed E-state index contributed by atoms with van der Waals surface area (Å²) in [6.07, 6.45) is 1.22. The van der Waals surface area contributed by atoms with E-state index in [1.54, 1.807) is 0 Å². The third-order valence-electron chi connectivity index (χ3n) is 3.35. The molecule has 18 heavy (non-hydrogen) atoms. The predicted molar refractivity (Wildman–Crippen MR) is 83.0 cm³/mol. The maximum Gasteiger partial charge on any atom is 0.0208 e. The third-order valence-corrected chi connectivity index (χ3v) is 3.84. The highest BCUT2D eigenvalue weighted by Crippen LogP contribution is 2.15. The lowest BCUT2D eigenvalue weighted by Crippen LogP contribution is -2.27. The largest absolute Gasteiger partial charge is 0.313 e. The molecule has 1 rings (SSSR count). The van der Waals surface area contributed by atoms with Gasteiger partial charge in [0.05, 0.1) is 0 Å². The average Bonchev–Trinajstić information content (AvgIpc) is 2.38. The van der Waals surface area contributed by atoms with Crippen LogP contribution in [0.15, 0.2) is 22.7 Å². The van der Waals surface area contributed by atoms with Crippen molar-refractivity contribution in [2.45, 2.75) is 33.7 Å². The van der Waals surface area contributed by atoms with E-state index in [-0.39, 0.29) is 0 Å². The summed E-state index contributed by atoms with van der Waals surface area (Å²) < 4.78 is 1.16. The number of rotatable bonds is 8. The maximum absolute atomic E-state index is 3.53. The van der Waals surface area contributed by atoms with Crippen LogP contribution in [0.3, 0.4) is 0 Å². The number of nitrogens with zero attached hydrogens (tertiary/aromatic N) is 1. The van der Waals surface area contributed by atoms with Crippen LogP contribution in [0.1, 0.15) is 31.4 Å². The minimum absolute atomic E-state index is 0.962. The van der Waals surface area contributed by atoms with Crippen molar-refractivity contribution in [2.75, 3.05) is 26.2 Å². The molecule has 0 spiro atoms. The Hall–Kier alpha value is -0.380. The molecule has 0 saturated carbocycles. The van der Waals surface area contributed by atoms with E-state index in [0.29, 0.717) is 0 Å². The first kappa shape index (κ1) is 15.7. The second kappa shape index (κ2) is 8.68. The van der Waals surface area contributed by atoms with E-state index in [1.807, 2.05) is 0 Å². The molecule has 3 heteroatoms. The summed E-state index contributed by atoms with van der Waals surface area (Å²) in [6.45, 7) is 12.2. The van der Waals surface area contributed by atoms with Crippen molar-refractivity contribution in [3.63, 3.8) is 0 Å². The summed E-state index contributed by atoms with van der Waals surface area (Å²) in [7, 11) is 0. The zero-order valence-corrected chi connectivity index (χ0v) is 13.4. The molecular formula is C15H25BrN2. The van der Waals surface area contributed by atoms with Crippen LogP contribution < -0.4 is 5.32 Å². The van der Waals surface area contributed by atoms with E-state index < -0.39 is 0 Å². The summed E-state index contributed by atoms with van der Waals surface area (Å²) >= 11 is 3.52.